The van der Waals surface area contributed by atoms with Crippen molar-refractivity contribution in [3.05, 3.63) is 42.0 Å². The van der Waals surface area contributed by atoms with Gasteiger partial charge in [-0.15, -0.1) is 0 Å². The molecule has 6 rings (SSSR count). The van der Waals surface area contributed by atoms with E-state index in [0.29, 0.717) is 12.1 Å². The molecule has 3 fully saturated rings. The van der Waals surface area contributed by atoms with Crippen molar-refractivity contribution in [2.75, 3.05) is 24.2 Å². The standard InChI is InChI=1S/C26H31N3O3S/c1-29-17-8-9-18(29)15-19(14-17)32-22-13-16(28-33-23-7-4-3-6-21(23)31-2)12-20-24(22)27-25(30)26(20)10-5-11-26/h3-4,6-7,12-13,17-19,28H,5,8-11,14-15H2,1-2H3,(H,27,30). The molecule has 1 amide bonds. The number of ether oxygens (including phenoxy) is 2. The highest BCUT2D eigenvalue weighted by Crippen LogP contribution is 2.55. The Labute approximate surface area is 199 Å². The first-order valence-corrected chi connectivity index (χ1v) is 12.8. The van der Waals surface area contributed by atoms with E-state index in [9.17, 15) is 4.79 Å². The summed E-state index contributed by atoms with van der Waals surface area (Å²) in [4.78, 5) is 16.5. The first kappa shape index (κ1) is 21.2. The number of methoxy groups -OCH3 is 1. The fourth-order valence-electron chi connectivity index (χ4n) is 6.11. The van der Waals surface area contributed by atoms with Crippen molar-refractivity contribution < 1.29 is 14.3 Å². The molecule has 1 aliphatic carbocycles. The molecule has 2 unspecified atom stereocenters. The Kier molecular flexibility index (Phi) is 5.22. The van der Waals surface area contributed by atoms with Crippen LogP contribution in [-0.2, 0) is 10.2 Å². The Balaban J connectivity index is 1.30. The van der Waals surface area contributed by atoms with Gasteiger partial charge in [-0.1, -0.05) is 18.6 Å². The average Bonchev–Trinajstić information content (AvgIpc) is 3.19. The predicted octanol–water partition coefficient (Wildman–Crippen LogP) is 5.19. The summed E-state index contributed by atoms with van der Waals surface area (Å²) < 4.78 is 15.6. The van der Waals surface area contributed by atoms with Gasteiger partial charge >= 0.3 is 0 Å². The Morgan fingerprint density at radius 2 is 1.88 bits per heavy atom. The van der Waals surface area contributed by atoms with Crippen LogP contribution >= 0.6 is 11.9 Å². The van der Waals surface area contributed by atoms with Gasteiger partial charge in [0.15, 0.2) is 0 Å². The van der Waals surface area contributed by atoms with Crippen LogP contribution < -0.4 is 19.5 Å². The fraction of sp³-hybridized carbons (Fsp3) is 0.500. The molecule has 0 radical (unpaired) electrons. The van der Waals surface area contributed by atoms with Gasteiger partial charge in [-0.3, -0.25) is 4.79 Å². The number of hydrogen-bond acceptors (Lipinski definition) is 6. The minimum Gasteiger partial charge on any atom is -0.496 e. The van der Waals surface area contributed by atoms with Crippen molar-refractivity contribution in [2.45, 2.75) is 73.4 Å². The van der Waals surface area contributed by atoms with Crippen molar-refractivity contribution in [3.8, 4) is 11.5 Å². The highest BCUT2D eigenvalue weighted by molar-refractivity contribution is 8.00. The van der Waals surface area contributed by atoms with Gasteiger partial charge in [0.05, 0.1) is 23.1 Å². The highest BCUT2D eigenvalue weighted by atomic mass is 32.2. The maximum absolute atomic E-state index is 13.0. The summed E-state index contributed by atoms with van der Waals surface area (Å²) in [7, 11) is 3.93. The van der Waals surface area contributed by atoms with Crippen LogP contribution in [-0.4, -0.2) is 43.2 Å². The van der Waals surface area contributed by atoms with E-state index in [4.69, 9.17) is 9.47 Å². The number of fused-ring (bicyclic) bond motifs is 4. The van der Waals surface area contributed by atoms with Crippen LogP contribution in [0.5, 0.6) is 11.5 Å². The molecule has 2 aromatic rings. The van der Waals surface area contributed by atoms with Gasteiger partial charge in [-0.05, 0) is 81.3 Å². The zero-order valence-corrected chi connectivity index (χ0v) is 20.0. The van der Waals surface area contributed by atoms with Crippen molar-refractivity contribution in [3.63, 3.8) is 0 Å². The normalized spacial score (nSPS) is 27.1. The van der Waals surface area contributed by atoms with Crippen molar-refractivity contribution in [1.82, 2.24) is 4.90 Å². The number of carbonyl (C=O) groups is 1. The van der Waals surface area contributed by atoms with Gasteiger partial charge in [0.1, 0.15) is 17.6 Å². The van der Waals surface area contributed by atoms with E-state index in [1.54, 1.807) is 7.11 Å². The predicted molar refractivity (Wildman–Crippen MR) is 131 cm³/mol. The van der Waals surface area contributed by atoms with E-state index in [-0.39, 0.29) is 17.4 Å². The van der Waals surface area contributed by atoms with E-state index < -0.39 is 0 Å². The highest BCUT2D eigenvalue weighted by Gasteiger charge is 2.52. The molecule has 3 aliphatic heterocycles. The number of benzene rings is 2. The van der Waals surface area contributed by atoms with Gasteiger partial charge in [-0.25, -0.2) is 0 Å². The third-order valence-electron chi connectivity index (χ3n) is 8.19. The number of anilines is 2. The average molecular weight is 466 g/mol. The van der Waals surface area contributed by atoms with Gasteiger partial charge in [-0.2, -0.15) is 0 Å². The first-order valence-electron chi connectivity index (χ1n) is 12.0. The molecule has 1 saturated carbocycles. The maximum Gasteiger partial charge on any atom is 0.235 e. The molecule has 0 aromatic heterocycles. The molecule has 6 nitrogen and oxygen atoms in total. The molecule has 1 spiro atoms. The van der Waals surface area contributed by atoms with Gasteiger partial charge in [0, 0.05) is 23.8 Å². The molecule has 33 heavy (non-hydrogen) atoms. The van der Waals surface area contributed by atoms with E-state index in [0.717, 1.165) is 65.4 Å². The molecule has 2 saturated heterocycles. The summed E-state index contributed by atoms with van der Waals surface area (Å²) in [5.41, 5.74) is 2.55. The van der Waals surface area contributed by atoms with Crippen LogP contribution in [0.25, 0.3) is 0 Å². The molecule has 4 aliphatic rings. The minimum atomic E-state index is -0.383. The topological polar surface area (TPSA) is 62.8 Å². The zero-order valence-electron chi connectivity index (χ0n) is 19.2. The molecule has 2 bridgehead atoms. The number of nitrogens with zero attached hydrogens (tertiary/aromatic N) is 1. The van der Waals surface area contributed by atoms with Crippen molar-refractivity contribution in [1.29, 1.82) is 0 Å². The van der Waals surface area contributed by atoms with Crippen molar-refractivity contribution in [2.24, 2.45) is 0 Å². The van der Waals surface area contributed by atoms with Crippen LogP contribution in [0.4, 0.5) is 11.4 Å². The number of hydrogen-bond donors (Lipinski definition) is 2. The SMILES string of the molecule is COc1ccccc1SNc1cc(OC2CC3CCC(C2)N3C)c2c(c1)C1(CCC1)C(=O)N2. The summed E-state index contributed by atoms with van der Waals surface area (Å²) in [5, 5.41) is 3.19. The zero-order chi connectivity index (χ0) is 22.6. The number of para-hydroxylation sites is 1. The molecule has 2 N–H and O–H groups in total. The summed E-state index contributed by atoms with van der Waals surface area (Å²) in [6, 6.07) is 13.4. The molecule has 2 atom stereocenters. The van der Waals surface area contributed by atoms with E-state index in [1.165, 1.54) is 24.8 Å². The van der Waals surface area contributed by atoms with Crippen LogP contribution in [0.2, 0.25) is 0 Å². The summed E-state index contributed by atoms with van der Waals surface area (Å²) >= 11 is 1.52. The maximum atomic E-state index is 13.0. The Bertz CT molecular complexity index is 1070. The molecular weight excluding hydrogens is 434 g/mol. The Morgan fingerprint density at radius 1 is 1.12 bits per heavy atom. The number of amides is 1. The van der Waals surface area contributed by atoms with Crippen LogP contribution in [0.15, 0.2) is 41.3 Å². The fourth-order valence-corrected chi connectivity index (χ4v) is 6.85. The number of rotatable bonds is 6. The Morgan fingerprint density at radius 3 is 2.58 bits per heavy atom. The second-order valence-electron chi connectivity index (χ2n) is 9.90. The lowest BCUT2D eigenvalue weighted by atomic mass is 9.65. The number of carbonyl (C=O) groups excluding carboxylic acids is 1. The third-order valence-corrected chi connectivity index (χ3v) is 9.09. The van der Waals surface area contributed by atoms with E-state index in [2.05, 4.69) is 34.1 Å². The quantitative estimate of drug-likeness (QED) is 0.573. The molecular formula is C26H31N3O3S. The van der Waals surface area contributed by atoms with Crippen LogP contribution in [0, 0.1) is 0 Å². The second-order valence-corrected chi connectivity index (χ2v) is 10.8. The second kappa shape index (κ2) is 8.13. The summed E-state index contributed by atoms with van der Waals surface area (Å²) in [6.07, 6.45) is 7.72. The molecule has 2 aromatic carbocycles. The lowest BCUT2D eigenvalue weighted by Gasteiger charge is -2.37. The van der Waals surface area contributed by atoms with Gasteiger partial charge in [0.2, 0.25) is 5.91 Å². The lowest BCUT2D eigenvalue weighted by Crippen LogP contribution is -2.43. The third kappa shape index (κ3) is 3.48. The monoisotopic (exact) mass is 465 g/mol. The largest absolute Gasteiger partial charge is 0.496 e. The first-order chi connectivity index (χ1) is 16.1. The number of piperidine rings is 1. The lowest BCUT2D eigenvalue weighted by molar-refractivity contribution is -0.123. The smallest absolute Gasteiger partial charge is 0.235 e. The van der Waals surface area contributed by atoms with Gasteiger partial charge in [0.25, 0.3) is 0 Å². The van der Waals surface area contributed by atoms with Crippen molar-refractivity contribution >= 4 is 29.2 Å². The summed E-state index contributed by atoms with van der Waals surface area (Å²) in [6.45, 7) is 0. The minimum absolute atomic E-state index is 0.131. The van der Waals surface area contributed by atoms with Crippen LogP contribution in [0.1, 0.15) is 50.5 Å². The van der Waals surface area contributed by atoms with E-state index in [1.807, 2.05) is 24.3 Å². The molecule has 7 heteroatoms. The Hall–Kier alpha value is -2.38. The molecule has 174 valence electrons. The van der Waals surface area contributed by atoms with Crippen LogP contribution in [0.3, 0.4) is 0 Å². The number of nitrogens with one attached hydrogen (secondary N) is 2. The van der Waals surface area contributed by atoms with Gasteiger partial charge < -0.3 is 24.4 Å². The molecule has 3 heterocycles. The summed E-state index contributed by atoms with van der Waals surface area (Å²) in [5.74, 6) is 1.77. The van der Waals surface area contributed by atoms with E-state index >= 15 is 0 Å².